The van der Waals surface area contributed by atoms with Crippen LogP contribution in [-0.4, -0.2) is 15.0 Å². The number of rotatable bonds is 5. The van der Waals surface area contributed by atoms with Crippen LogP contribution >= 0.6 is 11.3 Å². The van der Waals surface area contributed by atoms with Crippen molar-refractivity contribution in [2.24, 2.45) is 0 Å². The van der Waals surface area contributed by atoms with Crippen LogP contribution < -0.4 is 0 Å². The molecule has 0 bridgehead atoms. The summed E-state index contributed by atoms with van der Waals surface area (Å²) in [6.45, 7) is 0. The molecule has 0 fully saturated rings. The van der Waals surface area contributed by atoms with E-state index >= 15 is 0 Å². The minimum absolute atomic E-state index is 0.705. The molecule has 0 aliphatic carbocycles. The van der Waals surface area contributed by atoms with E-state index in [0.717, 1.165) is 49.7 Å². The Hall–Kier alpha value is -5.45. The molecule has 0 unspecified atom stereocenters. The molecule has 3 nitrogen and oxygen atoms in total. The van der Waals surface area contributed by atoms with Crippen LogP contribution in [0.3, 0.4) is 0 Å². The monoisotopic (exact) mass is 567 g/mol. The topological polar surface area (TPSA) is 38.7 Å². The third kappa shape index (κ3) is 4.78. The molecular formula is C39H25N3S. The van der Waals surface area contributed by atoms with Gasteiger partial charge in [-0.1, -0.05) is 133 Å². The normalized spacial score (nSPS) is 11.3. The Morgan fingerprint density at radius 1 is 0.419 bits per heavy atom. The van der Waals surface area contributed by atoms with Crippen molar-refractivity contribution >= 4 is 32.3 Å². The van der Waals surface area contributed by atoms with Gasteiger partial charge in [0.05, 0.1) is 21.6 Å². The molecule has 0 spiro atoms. The lowest BCUT2D eigenvalue weighted by atomic mass is 9.96. The minimum atomic E-state index is 0.705. The summed E-state index contributed by atoms with van der Waals surface area (Å²) in [4.78, 5) is 15.1. The number of hydrogen-bond donors (Lipinski definition) is 0. The summed E-state index contributed by atoms with van der Waals surface area (Å²) in [5.74, 6) is 0.705. The molecule has 43 heavy (non-hydrogen) atoms. The predicted octanol–water partition coefficient (Wildman–Crippen LogP) is 10.6. The van der Waals surface area contributed by atoms with Crippen LogP contribution in [0.5, 0.6) is 0 Å². The van der Waals surface area contributed by atoms with Crippen LogP contribution in [0.1, 0.15) is 0 Å². The first-order valence-corrected chi connectivity index (χ1v) is 15.1. The summed E-state index contributed by atoms with van der Waals surface area (Å²) in [5.41, 5.74) is 9.37. The molecule has 0 aliphatic rings. The lowest BCUT2D eigenvalue weighted by molar-refractivity contribution is 1.18. The molecule has 8 aromatic rings. The maximum atomic E-state index is 5.06. The number of benzene rings is 6. The number of hydrogen-bond acceptors (Lipinski definition) is 4. The van der Waals surface area contributed by atoms with Gasteiger partial charge in [-0.25, -0.2) is 15.0 Å². The highest BCUT2D eigenvalue weighted by molar-refractivity contribution is 7.22. The van der Waals surface area contributed by atoms with E-state index in [1.54, 1.807) is 11.3 Å². The first kappa shape index (κ1) is 25.3. The third-order valence-electron chi connectivity index (χ3n) is 7.72. The number of thiazole rings is 1. The van der Waals surface area contributed by atoms with E-state index < -0.39 is 0 Å². The summed E-state index contributed by atoms with van der Waals surface area (Å²) in [5, 5.41) is 3.46. The van der Waals surface area contributed by atoms with E-state index in [9.17, 15) is 0 Å². The van der Waals surface area contributed by atoms with Gasteiger partial charge in [-0.3, -0.25) is 0 Å². The largest absolute Gasteiger partial charge is 0.236 e. The van der Waals surface area contributed by atoms with Gasteiger partial charge in [-0.05, 0) is 34.7 Å². The smallest absolute Gasteiger partial charge is 0.160 e. The Kier molecular flexibility index (Phi) is 6.32. The molecule has 0 saturated carbocycles. The Balaban J connectivity index is 1.29. The molecule has 4 heteroatoms. The van der Waals surface area contributed by atoms with Gasteiger partial charge in [0, 0.05) is 27.6 Å². The van der Waals surface area contributed by atoms with Gasteiger partial charge in [-0.15, -0.1) is 11.3 Å². The van der Waals surface area contributed by atoms with Gasteiger partial charge in [0.25, 0.3) is 0 Å². The van der Waals surface area contributed by atoms with Crippen LogP contribution in [0.25, 0.3) is 76.6 Å². The van der Waals surface area contributed by atoms with Crippen molar-refractivity contribution in [2.45, 2.75) is 0 Å². The van der Waals surface area contributed by atoms with E-state index in [-0.39, 0.29) is 0 Å². The van der Waals surface area contributed by atoms with E-state index in [1.165, 1.54) is 21.0 Å². The summed E-state index contributed by atoms with van der Waals surface area (Å²) < 4.78 is 1.20. The molecule has 0 aliphatic heterocycles. The van der Waals surface area contributed by atoms with E-state index in [0.29, 0.717) is 5.82 Å². The number of fused-ring (bicyclic) bond motifs is 3. The zero-order valence-corrected chi connectivity index (χ0v) is 24.0. The average Bonchev–Trinajstić information content (AvgIpc) is 3.54. The number of nitrogens with zero attached hydrogens (tertiary/aromatic N) is 3. The Morgan fingerprint density at radius 3 is 1.67 bits per heavy atom. The maximum Gasteiger partial charge on any atom is 0.160 e. The van der Waals surface area contributed by atoms with Crippen molar-refractivity contribution in [2.75, 3.05) is 0 Å². The van der Waals surface area contributed by atoms with Gasteiger partial charge in [0.15, 0.2) is 5.82 Å². The quantitative estimate of drug-likeness (QED) is 0.208. The Bertz CT molecular complexity index is 2170. The Labute approximate surface area is 253 Å². The van der Waals surface area contributed by atoms with Gasteiger partial charge in [-0.2, -0.15) is 0 Å². The molecule has 8 rings (SSSR count). The third-order valence-corrected chi connectivity index (χ3v) is 8.85. The minimum Gasteiger partial charge on any atom is -0.236 e. The standard InChI is InChI=1S/C39H25N3S/c1-4-12-26(13-5-1)34-25-35(27-14-6-2-7-15-27)41-38(40-34)31-20-10-19-30(24-31)32-21-11-18-28-22-23-33-37(36(28)32)43-39(42-33)29-16-8-3-9-17-29/h1-25H. The first-order chi connectivity index (χ1) is 21.3. The van der Waals surface area contributed by atoms with E-state index in [4.69, 9.17) is 15.0 Å². The van der Waals surface area contributed by atoms with Crippen LogP contribution in [0, 0.1) is 0 Å². The highest BCUT2D eigenvalue weighted by Gasteiger charge is 2.15. The van der Waals surface area contributed by atoms with Crippen LogP contribution in [0.4, 0.5) is 0 Å². The fourth-order valence-corrected chi connectivity index (χ4v) is 6.76. The van der Waals surface area contributed by atoms with Gasteiger partial charge >= 0.3 is 0 Å². The summed E-state index contributed by atoms with van der Waals surface area (Å²) in [6.07, 6.45) is 0. The molecular weight excluding hydrogens is 543 g/mol. The SMILES string of the molecule is c1ccc(-c2cc(-c3ccccc3)nc(-c3cccc(-c4cccc5ccc6nc(-c7ccccc7)sc6c45)c3)n2)cc1. The van der Waals surface area contributed by atoms with Crippen molar-refractivity contribution in [3.8, 4) is 55.6 Å². The molecule has 6 aromatic carbocycles. The first-order valence-electron chi connectivity index (χ1n) is 14.3. The van der Waals surface area contributed by atoms with Crippen LogP contribution in [0.2, 0.25) is 0 Å². The second-order valence-corrected chi connectivity index (χ2v) is 11.5. The molecule has 0 N–H and O–H groups in total. The average molecular weight is 568 g/mol. The fraction of sp³-hybridized carbons (Fsp3) is 0. The van der Waals surface area contributed by atoms with Crippen molar-refractivity contribution in [1.82, 2.24) is 15.0 Å². The van der Waals surface area contributed by atoms with Crippen molar-refractivity contribution in [3.05, 3.63) is 152 Å². The van der Waals surface area contributed by atoms with E-state index in [2.05, 4.69) is 109 Å². The lowest BCUT2D eigenvalue weighted by Gasteiger charge is -2.12. The zero-order valence-electron chi connectivity index (χ0n) is 23.2. The molecule has 202 valence electrons. The lowest BCUT2D eigenvalue weighted by Crippen LogP contribution is -1.96. The fourth-order valence-electron chi connectivity index (χ4n) is 5.62. The molecule has 0 saturated heterocycles. The van der Waals surface area contributed by atoms with Crippen molar-refractivity contribution in [3.63, 3.8) is 0 Å². The zero-order chi connectivity index (χ0) is 28.6. The summed E-state index contributed by atoms with van der Waals surface area (Å²) in [6, 6.07) is 52.5. The van der Waals surface area contributed by atoms with Gasteiger partial charge < -0.3 is 0 Å². The van der Waals surface area contributed by atoms with Gasteiger partial charge in [0.1, 0.15) is 5.01 Å². The van der Waals surface area contributed by atoms with Crippen LogP contribution in [-0.2, 0) is 0 Å². The number of aromatic nitrogens is 3. The molecule has 0 amide bonds. The molecule has 2 heterocycles. The highest BCUT2D eigenvalue weighted by atomic mass is 32.1. The molecule has 0 radical (unpaired) electrons. The highest BCUT2D eigenvalue weighted by Crippen LogP contribution is 2.40. The molecule has 0 atom stereocenters. The van der Waals surface area contributed by atoms with Crippen molar-refractivity contribution in [1.29, 1.82) is 0 Å². The van der Waals surface area contributed by atoms with Gasteiger partial charge in [0.2, 0.25) is 0 Å². The maximum absolute atomic E-state index is 5.06. The Morgan fingerprint density at radius 2 is 1.00 bits per heavy atom. The second kappa shape index (κ2) is 10.8. The summed E-state index contributed by atoms with van der Waals surface area (Å²) >= 11 is 1.75. The molecule has 2 aromatic heterocycles. The van der Waals surface area contributed by atoms with Crippen molar-refractivity contribution < 1.29 is 0 Å². The van der Waals surface area contributed by atoms with E-state index in [1.807, 2.05) is 42.5 Å². The predicted molar refractivity (Wildman–Crippen MR) is 180 cm³/mol. The second-order valence-electron chi connectivity index (χ2n) is 10.5. The van der Waals surface area contributed by atoms with Crippen LogP contribution in [0.15, 0.2) is 152 Å². The summed E-state index contributed by atoms with van der Waals surface area (Å²) in [7, 11) is 0.